The molecule has 1 fully saturated rings. The molecule has 0 N–H and O–H groups in total. The van der Waals surface area contributed by atoms with Crippen LogP contribution in [-0.2, 0) is 11.0 Å². The Morgan fingerprint density at radius 1 is 1.20 bits per heavy atom. The molecule has 3 rings (SSSR count). The van der Waals surface area contributed by atoms with Gasteiger partial charge in [0, 0.05) is 51.4 Å². The van der Waals surface area contributed by atoms with Crippen LogP contribution in [0.25, 0.3) is 5.52 Å². The molecule has 1 aliphatic heterocycles. The molecule has 2 aromatic heterocycles. The van der Waals surface area contributed by atoms with Crippen LogP contribution in [-0.4, -0.2) is 72.3 Å². The second kappa shape index (κ2) is 9.24. The lowest BCUT2D eigenvalue weighted by molar-refractivity contribution is 0.147. The highest BCUT2D eigenvalue weighted by molar-refractivity contribution is 6.74. The standard InChI is InChI=1S/C22H38ClN5OSi/c1-17(8-13-29-30(6,7)22(2,3)4)21-25-18(15-27-11-9-26(5)10-12-27)19-14-24-20(23)16-28(19)21/h14,16-17H,8-13,15H2,1-7H3/t17-/m0/s1. The summed E-state index contributed by atoms with van der Waals surface area (Å²) in [6.07, 6.45) is 4.71. The average Bonchev–Trinajstić information content (AvgIpc) is 3.00. The maximum Gasteiger partial charge on any atom is 0.191 e. The van der Waals surface area contributed by atoms with Crippen molar-refractivity contribution in [2.75, 3.05) is 39.8 Å². The summed E-state index contributed by atoms with van der Waals surface area (Å²) in [7, 11) is 0.447. The summed E-state index contributed by atoms with van der Waals surface area (Å²) in [5, 5.41) is 0.725. The first kappa shape index (κ1) is 23.7. The van der Waals surface area contributed by atoms with E-state index in [4.69, 9.17) is 21.0 Å². The zero-order valence-electron chi connectivity index (χ0n) is 19.7. The molecular weight excluding hydrogens is 414 g/mol. The van der Waals surface area contributed by atoms with Gasteiger partial charge in [-0.25, -0.2) is 9.97 Å². The molecule has 1 aliphatic rings. The quantitative estimate of drug-likeness (QED) is 0.573. The first-order chi connectivity index (χ1) is 14.0. The molecule has 1 atom stereocenters. The van der Waals surface area contributed by atoms with E-state index >= 15 is 0 Å². The lowest BCUT2D eigenvalue weighted by atomic mass is 10.1. The molecule has 168 valence electrons. The largest absolute Gasteiger partial charge is 0.417 e. The van der Waals surface area contributed by atoms with E-state index in [9.17, 15) is 0 Å². The fraction of sp³-hybridized carbons (Fsp3) is 0.727. The van der Waals surface area contributed by atoms with Gasteiger partial charge in [-0.05, 0) is 31.6 Å². The molecule has 0 bridgehead atoms. The van der Waals surface area contributed by atoms with Crippen LogP contribution in [0.3, 0.4) is 0 Å². The van der Waals surface area contributed by atoms with Crippen molar-refractivity contribution >= 4 is 25.4 Å². The van der Waals surface area contributed by atoms with Crippen LogP contribution in [0.1, 0.15) is 51.6 Å². The molecule has 0 radical (unpaired) electrons. The Kier molecular flexibility index (Phi) is 7.29. The molecule has 6 nitrogen and oxygen atoms in total. The Morgan fingerprint density at radius 3 is 2.50 bits per heavy atom. The maximum atomic E-state index is 6.41. The molecule has 0 unspecified atom stereocenters. The monoisotopic (exact) mass is 451 g/mol. The highest BCUT2D eigenvalue weighted by Gasteiger charge is 2.37. The fourth-order valence-electron chi connectivity index (χ4n) is 3.57. The van der Waals surface area contributed by atoms with Crippen LogP contribution in [0.2, 0.25) is 23.3 Å². The molecule has 30 heavy (non-hydrogen) atoms. The summed E-state index contributed by atoms with van der Waals surface area (Å²) in [4.78, 5) is 14.3. The topological polar surface area (TPSA) is 45.9 Å². The van der Waals surface area contributed by atoms with Crippen molar-refractivity contribution in [2.45, 2.75) is 64.7 Å². The van der Waals surface area contributed by atoms with E-state index in [-0.39, 0.29) is 11.0 Å². The third-order valence-corrected chi connectivity index (χ3v) is 11.6. The number of hydrogen-bond acceptors (Lipinski definition) is 5. The molecule has 0 aliphatic carbocycles. The maximum absolute atomic E-state index is 6.41. The Hall–Kier alpha value is -0.993. The van der Waals surface area contributed by atoms with Gasteiger partial charge in [-0.2, -0.15) is 0 Å². The van der Waals surface area contributed by atoms with Gasteiger partial charge in [-0.15, -0.1) is 0 Å². The van der Waals surface area contributed by atoms with E-state index < -0.39 is 8.32 Å². The molecule has 2 aromatic rings. The normalized spacial score (nSPS) is 18.3. The Labute approximate surface area is 187 Å². The second-order valence-electron chi connectivity index (χ2n) is 10.3. The predicted octanol–water partition coefficient (Wildman–Crippen LogP) is 4.65. The highest BCUT2D eigenvalue weighted by atomic mass is 35.5. The lowest BCUT2D eigenvalue weighted by Crippen LogP contribution is -2.43. The molecule has 0 saturated carbocycles. The van der Waals surface area contributed by atoms with Gasteiger partial charge in [0.05, 0.1) is 17.4 Å². The molecular formula is C22H38ClN5OSi. The predicted molar refractivity (Wildman–Crippen MR) is 127 cm³/mol. The summed E-state index contributed by atoms with van der Waals surface area (Å²) in [5.41, 5.74) is 2.15. The van der Waals surface area contributed by atoms with Gasteiger partial charge >= 0.3 is 0 Å². The number of rotatable bonds is 7. The Bertz CT molecular complexity index is 855. The van der Waals surface area contributed by atoms with E-state index in [0.29, 0.717) is 5.15 Å². The summed E-state index contributed by atoms with van der Waals surface area (Å²) in [5.74, 6) is 1.33. The van der Waals surface area contributed by atoms with Crippen molar-refractivity contribution in [3.63, 3.8) is 0 Å². The van der Waals surface area contributed by atoms with E-state index in [0.717, 1.165) is 62.8 Å². The first-order valence-electron chi connectivity index (χ1n) is 11.0. The van der Waals surface area contributed by atoms with Crippen LogP contribution < -0.4 is 0 Å². The number of imidazole rings is 1. The number of halogens is 1. The minimum atomic E-state index is -1.73. The van der Waals surface area contributed by atoms with Gasteiger partial charge in [0.25, 0.3) is 0 Å². The number of fused-ring (bicyclic) bond motifs is 1. The zero-order valence-corrected chi connectivity index (χ0v) is 21.5. The molecule has 0 amide bonds. The second-order valence-corrected chi connectivity index (χ2v) is 15.5. The van der Waals surface area contributed by atoms with Crippen molar-refractivity contribution in [1.82, 2.24) is 24.2 Å². The smallest absolute Gasteiger partial charge is 0.191 e. The Balaban J connectivity index is 1.75. The van der Waals surface area contributed by atoms with Crippen molar-refractivity contribution in [2.24, 2.45) is 0 Å². The van der Waals surface area contributed by atoms with Gasteiger partial charge in [0.15, 0.2) is 8.32 Å². The summed E-state index contributed by atoms with van der Waals surface area (Å²) < 4.78 is 8.55. The van der Waals surface area contributed by atoms with Gasteiger partial charge in [0.1, 0.15) is 11.0 Å². The van der Waals surface area contributed by atoms with Crippen molar-refractivity contribution in [3.8, 4) is 0 Å². The lowest BCUT2D eigenvalue weighted by Gasteiger charge is -2.36. The highest BCUT2D eigenvalue weighted by Crippen LogP contribution is 2.37. The molecule has 1 saturated heterocycles. The third kappa shape index (κ3) is 5.43. The SMILES string of the molecule is C[C@@H](CCO[Si](C)(C)C(C)(C)C)c1nc(CN2CCN(C)CC2)c2cnc(Cl)cn12. The zero-order chi connectivity index (χ0) is 22.1. The molecule has 0 spiro atoms. The van der Waals surface area contributed by atoms with E-state index in [1.807, 2.05) is 12.4 Å². The van der Waals surface area contributed by atoms with E-state index in [2.05, 4.69) is 67.0 Å². The fourth-order valence-corrected chi connectivity index (χ4v) is 4.77. The van der Waals surface area contributed by atoms with Gasteiger partial charge in [-0.1, -0.05) is 39.3 Å². The van der Waals surface area contributed by atoms with E-state index in [1.165, 1.54) is 0 Å². The molecule has 0 aromatic carbocycles. The van der Waals surface area contributed by atoms with Crippen molar-refractivity contribution in [1.29, 1.82) is 0 Å². The van der Waals surface area contributed by atoms with E-state index in [1.54, 1.807) is 0 Å². The number of likely N-dealkylation sites (N-methyl/N-ethyl adjacent to an activating group) is 1. The third-order valence-electron chi connectivity index (χ3n) is 6.83. The van der Waals surface area contributed by atoms with Crippen LogP contribution in [0, 0.1) is 0 Å². The van der Waals surface area contributed by atoms with Crippen LogP contribution >= 0.6 is 11.6 Å². The number of piperazine rings is 1. The van der Waals surface area contributed by atoms with Gasteiger partial charge in [-0.3, -0.25) is 9.30 Å². The van der Waals surface area contributed by atoms with Gasteiger partial charge < -0.3 is 9.33 Å². The van der Waals surface area contributed by atoms with Crippen LogP contribution in [0.15, 0.2) is 12.4 Å². The molecule has 3 heterocycles. The van der Waals surface area contributed by atoms with Crippen LogP contribution in [0.5, 0.6) is 0 Å². The number of nitrogens with zero attached hydrogens (tertiary/aromatic N) is 5. The summed E-state index contributed by atoms with van der Waals surface area (Å²) in [6, 6.07) is 0. The van der Waals surface area contributed by atoms with Gasteiger partial charge in [0.2, 0.25) is 0 Å². The average molecular weight is 452 g/mol. The molecule has 8 heteroatoms. The minimum Gasteiger partial charge on any atom is -0.417 e. The van der Waals surface area contributed by atoms with Crippen molar-refractivity contribution in [3.05, 3.63) is 29.1 Å². The van der Waals surface area contributed by atoms with Crippen molar-refractivity contribution < 1.29 is 4.43 Å². The number of hydrogen-bond donors (Lipinski definition) is 0. The summed E-state index contributed by atoms with van der Waals surface area (Å²) in [6.45, 7) is 19.7. The summed E-state index contributed by atoms with van der Waals surface area (Å²) >= 11 is 6.23. The number of aromatic nitrogens is 3. The first-order valence-corrected chi connectivity index (χ1v) is 14.3. The van der Waals surface area contributed by atoms with Crippen LogP contribution in [0.4, 0.5) is 0 Å². The minimum absolute atomic E-state index is 0.227. The Morgan fingerprint density at radius 2 is 1.87 bits per heavy atom.